The Kier molecular flexibility index (Phi) is 7.31. The molecule has 1 aliphatic rings. The molecule has 1 N–H and O–H groups in total. The molecule has 2 aromatic rings. The summed E-state index contributed by atoms with van der Waals surface area (Å²) in [5, 5.41) is 2.88. The van der Waals surface area contributed by atoms with E-state index >= 15 is 0 Å². The highest BCUT2D eigenvalue weighted by Gasteiger charge is 2.20. The molecular weight excluding hydrogens is 432 g/mol. The summed E-state index contributed by atoms with van der Waals surface area (Å²) < 4.78 is 6.51. The van der Waals surface area contributed by atoms with Crippen LogP contribution in [0.25, 0.3) is 0 Å². The summed E-state index contributed by atoms with van der Waals surface area (Å²) in [6.07, 6.45) is 3.07. The first-order valence-corrected chi connectivity index (χ1v) is 10.9. The molecule has 0 atom stereocenters. The van der Waals surface area contributed by atoms with Gasteiger partial charge in [0.25, 0.3) is 11.8 Å². The first-order valence-electron chi connectivity index (χ1n) is 10.1. The van der Waals surface area contributed by atoms with Gasteiger partial charge in [-0.15, -0.1) is 0 Å². The van der Waals surface area contributed by atoms with Crippen LogP contribution in [0.1, 0.15) is 53.8 Å². The van der Waals surface area contributed by atoms with Crippen LogP contribution in [0.5, 0.6) is 5.75 Å². The SMILES string of the molecule is CC(C)CCOc1ccc(C(=O)Nc2cccc(C(=O)N3CCCC3)c2)cc1Br. The van der Waals surface area contributed by atoms with E-state index in [1.54, 1.807) is 42.5 Å². The van der Waals surface area contributed by atoms with Crippen molar-refractivity contribution < 1.29 is 14.3 Å². The Bertz CT molecular complexity index is 876. The van der Waals surface area contributed by atoms with Crippen LogP contribution in [-0.4, -0.2) is 36.4 Å². The lowest BCUT2D eigenvalue weighted by Crippen LogP contribution is -2.27. The van der Waals surface area contributed by atoms with Crippen LogP contribution in [-0.2, 0) is 0 Å². The van der Waals surface area contributed by atoms with E-state index in [9.17, 15) is 9.59 Å². The molecule has 0 spiro atoms. The zero-order valence-electron chi connectivity index (χ0n) is 16.9. The monoisotopic (exact) mass is 458 g/mol. The zero-order valence-corrected chi connectivity index (χ0v) is 18.5. The minimum Gasteiger partial charge on any atom is -0.492 e. The van der Waals surface area contributed by atoms with Gasteiger partial charge < -0.3 is 15.0 Å². The lowest BCUT2D eigenvalue weighted by molar-refractivity contribution is 0.0792. The van der Waals surface area contributed by atoms with Crippen molar-refractivity contribution in [3.05, 3.63) is 58.1 Å². The lowest BCUT2D eigenvalue weighted by Gasteiger charge is -2.16. The molecule has 0 aliphatic carbocycles. The van der Waals surface area contributed by atoms with Crippen molar-refractivity contribution in [2.24, 2.45) is 5.92 Å². The van der Waals surface area contributed by atoms with Crippen molar-refractivity contribution in [2.45, 2.75) is 33.1 Å². The standard InChI is InChI=1S/C23H27BrN2O3/c1-16(2)10-13-29-21-9-8-17(15-20(21)24)22(27)25-19-7-5-6-18(14-19)23(28)26-11-3-4-12-26/h5-9,14-16H,3-4,10-13H2,1-2H3,(H,25,27). The van der Waals surface area contributed by atoms with Gasteiger partial charge in [0.05, 0.1) is 11.1 Å². The fourth-order valence-electron chi connectivity index (χ4n) is 3.20. The lowest BCUT2D eigenvalue weighted by atomic mass is 10.1. The Morgan fingerprint density at radius 3 is 2.55 bits per heavy atom. The zero-order chi connectivity index (χ0) is 20.8. The Morgan fingerprint density at radius 2 is 1.86 bits per heavy atom. The maximum atomic E-state index is 12.7. The van der Waals surface area contributed by atoms with Crippen molar-refractivity contribution in [2.75, 3.05) is 25.0 Å². The fourth-order valence-corrected chi connectivity index (χ4v) is 3.69. The number of carbonyl (C=O) groups is 2. The highest BCUT2D eigenvalue weighted by Crippen LogP contribution is 2.27. The maximum absolute atomic E-state index is 12.7. The van der Waals surface area contributed by atoms with Gasteiger partial charge in [-0.1, -0.05) is 19.9 Å². The average Bonchev–Trinajstić information content (AvgIpc) is 3.23. The Balaban J connectivity index is 1.64. The summed E-state index contributed by atoms with van der Waals surface area (Å²) in [6.45, 7) is 6.54. The molecule has 1 aliphatic heterocycles. The molecule has 0 radical (unpaired) electrons. The predicted molar refractivity (Wildman–Crippen MR) is 119 cm³/mol. The summed E-state index contributed by atoms with van der Waals surface area (Å²) in [6, 6.07) is 12.4. The quantitative estimate of drug-likeness (QED) is 0.606. The smallest absolute Gasteiger partial charge is 0.255 e. The Morgan fingerprint density at radius 1 is 1.10 bits per heavy atom. The van der Waals surface area contributed by atoms with Crippen LogP contribution in [0, 0.1) is 5.92 Å². The third-order valence-corrected chi connectivity index (χ3v) is 5.53. The molecule has 2 aromatic carbocycles. The van der Waals surface area contributed by atoms with E-state index in [1.807, 2.05) is 4.90 Å². The molecule has 0 unspecified atom stereocenters. The largest absolute Gasteiger partial charge is 0.492 e. The molecule has 3 rings (SSSR count). The Labute approximate surface area is 180 Å². The van der Waals surface area contributed by atoms with E-state index in [0.717, 1.165) is 42.6 Å². The van der Waals surface area contributed by atoms with Gasteiger partial charge in [0.15, 0.2) is 0 Å². The molecule has 5 nitrogen and oxygen atoms in total. The third kappa shape index (κ3) is 5.82. The molecule has 0 bridgehead atoms. The van der Waals surface area contributed by atoms with Crippen LogP contribution in [0.4, 0.5) is 5.69 Å². The molecule has 1 saturated heterocycles. The van der Waals surface area contributed by atoms with Crippen LogP contribution < -0.4 is 10.1 Å². The van der Waals surface area contributed by atoms with Gasteiger partial charge in [0, 0.05) is 29.9 Å². The summed E-state index contributed by atoms with van der Waals surface area (Å²) in [7, 11) is 0. The minimum absolute atomic E-state index is 0.0178. The van der Waals surface area contributed by atoms with E-state index in [4.69, 9.17) is 4.74 Å². The predicted octanol–water partition coefficient (Wildman–Crippen LogP) is 5.36. The van der Waals surface area contributed by atoms with Crippen molar-refractivity contribution in [1.29, 1.82) is 0 Å². The van der Waals surface area contributed by atoms with E-state index in [0.29, 0.717) is 29.3 Å². The number of rotatable bonds is 7. The van der Waals surface area contributed by atoms with Crippen molar-refractivity contribution >= 4 is 33.4 Å². The number of hydrogen-bond donors (Lipinski definition) is 1. The van der Waals surface area contributed by atoms with Gasteiger partial charge in [-0.05, 0) is 77.5 Å². The number of ether oxygens (including phenoxy) is 1. The molecule has 2 amide bonds. The van der Waals surface area contributed by atoms with Gasteiger partial charge in [-0.3, -0.25) is 9.59 Å². The number of halogens is 1. The number of likely N-dealkylation sites (tertiary alicyclic amines) is 1. The van der Waals surface area contributed by atoms with Gasteiger partial charge in [0.1, 0.15) is 5.75 Å². The molecular formula is C23H27BrN2O3. The summed E-state index contributed by atoms with van der Waals surface area (Å²) >= 11 is 3.48. The summed E-state index contributed by atoms with van der Waals surface area (Å²) in [4.78, 5) is 27.1. The number of hydrogen-bond acceptors (Lipinski definition) is 3. The van der Waals surface area contributed by atoms with Crippen molar-refractivity contribution in [3.63, 3.8) is 0 Å². The fraction of sp³-hybridized carbons (Fsp3) is 0.391. The highest BCUT2D eigenvalue weighted by atomic mass is 79.9. The van der Waals surface area contributed by atoms with Crippen LogP contribution in [0.2, 0.25) is 0 Å². The second kappa shape index (κ2) is 9.92. The molecule has 1 heterocycles. The first-order chi connectivity index (χ1) is 13.9. The van der Waals surface area contributed by atoms with E-state index in [1.165, 1.54) is 0 Å². The normalized spacial score (nSPS) is 13.6. The molecule has 29 heavy (non-hydrogen) atoms. The minimum atomic E-state index is -0.231. The molecule has 0 aromatic heterocycles. The maximum Gasteiger partial charge on any atom is 0.255 e. The van der Waals surface area contributed by atoms with Crippen molar-refractivity contribution in [1.82, 2.24) is 4.90 Å². The van der Waals surface area contributed by atoms with Crippen LogP contribution in [0.3, 0.4) is 0 Å². The highest BCUT2D eigenvalue weighted by molar-refractivity contribution is 9.10. The first kappa shape index (κ1) is 21.4. The third-order valence-electron chi connectivity index (χ3n) is 4.91. The summed E-state index contributed by atoms with van der Waals surface area (Å²) in [5.41, 5.74) is 1.72. The summed E-state index contributed by atoms with van der Waals surface area (Å²) in [5.74, 6) is 1.08. The van der Waals surface area contributed by atoms with Crippen LogP contribution in [0.15, 0.2) is 46.9 Å². The number of nitrogens with zero attached hydrogens (tertiary/aromatic N) is 1. The van der Waals surface area contributed by atoms with Gasteiger partial charge in [-0.25, -0.2) is 0 Å². The van der Waals surface area contributed by atoms with E-state index < -0.39 is 0 Å². The molecule has 0 saturated carbocycles. The Hall–Kier alpha value is -2.34. The number of anilines is 1. The molecule has 154 valence electrons. The topological polar surface area (TPSA) is 58.6 Å². The molecule has 6 heteroatoms. The van der Waals surface area contributed by atoms with Gasteiger partial charge in [0.2, 0.25) is 0 Å². The number of carbonyl (C=O) groups excluding carboxylic acids is 2. The van der Waals surface area contributed by atoms with Crippen molar-refractivity contribution in [3.8, 4) is 5.75 Å². The number of amides is 2. The van der Waals surface area contributed by atoms with Crippen LogP contribution >= 0.6 is 15.9 Å². The van der Waals surface area contributed by atoms with E-state index in [2.05, 4.69) is 35.1 Å². The van der Waals surface area contributed by atoms with E-state index in [-0.39, 0.29) is 11.8 Å². The second-order valence-electron chi connectivity index (χ2n) is 7.71. The van der Waals surface area contributed by atoms with Gasteiger partial charge >= 0.3 is 0 Å². The van der Waals surface area contributed by atoms with Gasteiger partial charge in [-0.2, -0.15) is 0 Å². The second-order valence-corrected chi connectivity index (χ2v) is 8.56. The molecule has 1 fully saturated rings. The number of benzene rings is 2. The number of nitrogens with one attached hydrogen (secondary N) is 1. The average molecular weight is 459 g/mol.